The third-order valence-electron chi connectivity index (χ3n) is 4.36. The molecule has 1 saturated heterocycles. The van der Waals surface area contributed by atoms with Gasteiger partial charge in [0.2, 0.25) is 0 Å². The summed E-state index contributed by atoms with van der Waals surface area (Å²) >= 11 is 1.33. The third-order valence-corrected chi connectivity index (χ3v) is 5.17. The number of anilines is 1. The number of rotatable bonds is 4. The van der Waals surface area contributed by atoms with Crippen molar-refractivity contribution in [3.8, 4) is 0 Å². The largest absolute Gasteiger partial charge is 0.450 e. The number of aromatic nitrogens is 2. The monoisotopic (exact) mass is 402 g/mol. The van der Waals surface area contributed by atoms with Gasteiger partial charge in [0, 0.05) is 0 Å². The fourth-order valence-electron chi connectivity index (χ4n) is 3.00. The van der Waals surface area contributed by atoms with Gasteiger partial charge in [0.25, 0.3) is 11.8 Å². The topological polar surface area (TPSA) is 91.2 Å². The molecule has 1 aliphatic rings. The van der Waals surface area contributed by atoms with E-state index in [0.29, 0.717) is 21.7 Å². The summed E-state index contributed by atoms with van der Waals surface area (Å²) in [4.78, 5) is 32.6. The number of amides is 2. The van der Waals surface area contributed by atoms with Crippen molar-refractivity contribution >= 4 is 46.4 Å². The van der Waals surface area contributed by atoms with Crippen molar-refractivity contribution in [1.29, 1.82) is 0 Å². The number of fused-ring (bicyclic) bond motifs is 1. The highest BCUT2D eigenvalue weighted by atomic mass is 32.2. The maximum atomic E-state index is 12.6. The van der Waals surface area contributed by atoms with Crippen LogP contribution in [-0.4, -0.2) is 21.8 Å². The second-order valence-electron chi connectivity index (χ2n) is 6.29. The molecule has 0 unspecified atom stereocenters. The second kappa shape index (κ2) is 6.99. The number of hydrogen-bond donors (Lipinski definition) is 2. The summed E-state index contributed by atoms with van der Waals surface area (Å²) in [6.07, 6.45) is 1.45. The smallest absolute Gasteiger partial charge is 0.282 e. The van der Waals surface area contributed by atoms with Gasteiger partial charge in [0.15, 0.2) is 10.2 Å². The Morgan fingerprint density at radius 1 is 0.966 bits per heavy atom. The molecule has 0 radical (unpaired) electrons. The molecule has 5 rings (SSSR count). The minimum absolute atomic E-state index is 0.0171. The number of carbonyl (C=O) groups excluding carboxylic acids is 2. The van der Waals surface area contributed by atoms with E-state index in [0.717, 1.165) is 11.0 Å². The van der Waals surface area contributed by atoms with Gasteiger partial charge < -0.3 is 9.40 Å². The number of nitrogens with zero attached hydrogens (tertiary/aromatic N) is 2. The van der Waals surface area contributed by atoms with Gasteiger partial charge in [-0.1, -0.05) is 30.3 Å². The maximum absolute atomic E-state index is 12.6. The number of furan rings is 1. The van der Waals surface area contributed by atoms with Crippen LogP contribution in [0.2, 0.25) is 0 Å². The average molecular weight is 402 g/mol. The van der Waals surface area contributed by atoms with E-state index in [4.69, 9.17) is 4.42 Å². The van der Waals surface area contributed by atoms with Crippen LogP contribution in [0.15, 0.2) is 87.0 Å². The molecule has 0 spiro atoms. The molecule has 2 amide bonds. The first-order valence-corrected chi connectivity index (χ1v) is 9.64. The predicted octanol–water partition coefficient (Wildman–Crippen LogP) is 3.77. The van der Waals surface area contributed by atoms with Crippen LogP contribution in [0, 0.1) is 0 Å². The summed E-state index contributed by atoms with van der Waals surface area (Å²) in [7, 11) is 0. The fourth-order valence-corrected chi connectivity index (χ4v) is 3.77. The molecule has 142 valence electrons. The zero-order chi connectivity index (χ0) is 19.8. The standard InChI is InChI=1S/C21H14N4O3S/c26-19-15(20(27)25(24-19)13-6-2-1-3-7-13)12-14-10-11-18(28-14)29-21-22-16-8-4-5-9-17(16)23-21/h1-12H,(H,22,23)(H,24,26)/b15-12-. The first-order chi connectivity index (χ1) is 14.2. The molecule has 2 aromatic heterocycles. The molecular formula is C21H14N4O3S. The third kappa shape index (κ3) is 3.30. The van der Waals surface area contributed by atoms with Crippen LogP contribution in [0.3, 0.4) is 0 Å². The van der Waals surface area contributed by atoms with Crippen LogP contribution in [0.1, 0.15) is 5.76 Å². The molecule has 1 aliphatic heterocycles. The maximum Gasteiger partial charge on any atom is 0.282 e. The summed E-state index contributed by atoms with van der Waals surface area (Å²) in [6, 6.07) is 20.2. The summed E-state index contributed by atoms with van der Waals surface area (Å²) in [6.45, 7) is 0. The highest BCUT2D eigenvalue weighted by molar-refractivity contribution is 7.99. The van der Waals surface area contributed by atoms with Crippen LogP contribution < -0.4 is 10.4 Å². The van der Waals surface area contributed by atoms with Crippen molar-refractivity contribution in [2.45, 2.75) is 10.2 Å². The SMILES string of the molecule is O=C1NN(c2ccccc2)C(=O)/C1=C\c1ccc(Sc2nc3ccccc3[nH]2)o1. The molecule has 29 heavy (non-hydrogen) atoms. The Hall–Kier alpha value is -3.78. The van der Waals surface area contributed by atoms with Gasteiger partial charge >= 0.3 is 0 Å². The number of hydrogen-bond acceptors (Lipinski definition) is 5. The highest BCUT2D eigenvalue weighted by Gasteiger charge is 2.34. The first-order valence-electron chi connectivity index (χ1n) is 8.82. The number of H-pyrrole nitrogens is 1. The Kier molecular flexibility index (Phi) is 4.18. The average Bonchev–Trinajstić information content (AvgIpc) is 3.42. The van der Waals surface area contributed by atoms with Gasteiger partial charge in [-0.25, -0.2) is 9.99 Å². The highest BCUT2D eigenvalue weighted by Crippen LogP contribution is 2.30. The molecule has 2 aromatic carbocycles. The lowest BCUT2D eigenvalue weighted by molar-refractivity contribution is -0.117. The molecule has 4 aromatic rings. The minimum atomic E-state index is -0.471. The van der Waals surface area contributed by atoms with Crippen LogP contribution in [-0.2, 0) is 9.59 Å². The Labute approximate surface area is 169 Å². The van der Waals surface area contributed by atoms with Gasteiger partial charge in [-0.05, 0) is 54.2 Å². The van der Waals surface area contributed by atoms with Crippen molar-refractivity contribution in [2.24, 2.45) is 0 Å². The van der Waals surface area contributed by atoms with Crippen molar-refractivity contribution in [3.63, 3.8) is 0 Å². The molecule has 8 heteroatoms. The van der Waals surface area contributed by atoms with E-state index in [-0.39, 0.29) is 5.57 Å². The number of hydrazine groups is 1. The number of aromatic amines is 1. The molecule has 3 heterocycles. The molecule has 2 N–H and O–H groups in total. The zero-order valence-corrected chi connectivity index (χ0v) is 15.8. The van der Waals surface area contributed by atoms with Gasteiger partial charge in [-0.3, -0.25) is 15.0 Å². The van der Waals surface area contributed by atoms with E-state index < -0.39 is 11.8 Å². The number of imidazole rings is 1. The van der Waals surface area contributed by atoms with E-state index in [1.54, 1.807) is 36.4 Å². The molecule has 1 fully saturated rings. The molecule has 0 atom stereocenters. The second-order valence-corrected chi connectivity index (χ2v) is 7.29. The van der Waals surface area contributed by atoms with Gasteiger partial charge in [0.05, 0.1) is 16.7 Å². The number of nitrogens with one attached hydrogen (secondary N) is 2. The van der Waals surface area contributed by atoms with E-state index in [2.05, 4.69) is 15.4 Å². The van der Waals surface area contributed by atoms with Crippen molar-refractivity contribution < 1.29 is 14.0 Å². The number of para-hydroxylation sites is 3. The molecule has 0 bridgehead atoms. The first kappa shape index (κ1) is 17.3. The van der Waals surface area contributed by atoms with Crippen LogP contribution in [0.25, 0.3) is 17.1 Å². The summed E-state index contributed by atoms with van der Waals surface area (Å²) in [5.74, 6) is -0.483. The Balaban J connectivity index is 1.37. The van der Waals surface area contributed by atoms with Crippen molar-refractivity contribution in [2.75, 3.05) is 5.01 Å². The molecule has 0 saturated carbocycles. The normalized spacial score (nSPS) is 15.4. The number of carbonyl (C=O) groups is 2. The summed E-state index contributed by atoms with van der Waals surface area (Å²) in [5, 5.41) is 2.52. The van der Waals surface area contributed by atoms with Crippen LogP contribution in [0.5, 0.6) is 0 Å². The lowest BCUT2D eigenvalue weighted by Crippen LogP contribution is -2.35. The lowest BCUT2D eigenvalue weighted by Gasteiger charge is -2.13. The van der Waals surface area contributed by atoms with Crippen LogP contribution >= 0.6 is 11.8 Å². The van der Waals surface area contributed by atoms with E-state index in [1.807, 2.05) is 30.3 Å². The Bertz CT molecular complexity index is 1230. The number of benzene rings is 2. The Morgan fingerprint density at radius 2 is 1.76 bits per heavy atom. The van der Waals surface area contributed by atoms with Crippen molar-refractivity contribution in [1.82, 2.24) is 15.4 Å². The molecule has 0 aliphatic carbocycles. The van der Waals surface area contributed by atoms with E-state index in [9.17, 15) is 9.59 Å². The van der Waals surface area contributed by atoms with Gasteiger partial charge in [-0.15, -0.1) is 0 Å². The predicted molar refractivity (Wildman–Crippen MR) is 109 cm³/mol. The van der Waals surface area contributed by atoms with Gasteiger partial charge in [0.1, 0.15) is 11.3 Å². The Morgan fingerprint density at radius 3 is 2.59 bits per heavy atom. The fraction of sp³-hybridized carbons (Fsp3) is 0. The molecular weight excluding hydrogens is 388 g/mol. The van der Waals surface area contributed by atoms with E-state index >= 15 is 0 Å². The summed E-state index contributed by atoms with van der Waals surface area (Å²) in [5.41, 5.74) is 4.99. The van der Waals surface area contributed by atoms with Gasteiger partial charge in [-0.2, -0.15) is 0 Å². The minimum Gasteiger partial charge on any atom is -0.450 e. The quantitative estimate of drug-likeness (QED) is 0.401. The van der Waals surface area contributed by atoms with E-state index in [1.165, 1.54) is 22.8 Å². The lowest BCUT2D eigenvalue weighted by atomic mass is 10.2. The zero-order valence-electron chi connectivity index (χ0n) is 15.0. The van der Waals surface area contributed by atoms with Crippen molar-refractivity contribution in [3.05, 3.63) is 78.1 Å². The molecule has 7 nitrogen and oxygen atoms in total. The summed E-state index contributed by atoms with van der Waals surface area (Å²) < 4.78 is 5.76. The van der Waals surface area contributed by atoms with Crippen LogP contribution in [0.4, 0.5) is 5.69 Å².